The molecule has 4 rings (SSSR count). The number of hydrogen-bond donors (Lipinski definition) is 1. The first-order chi connectivity index (χ1) is 14.4. The Kier molecular flexibility index (Phi) is 4.98. The van der Waals surface area contributed by atoms with Crippen molar-refractivity contribution >= 4 is 29.1 Å². The Morgan fingerprint density at radius 1 is 1.10 bits per heavy atom. The van der Waals surface area contributed by atoms with E-state index in [9.17, 15) is 23.2 Å². The Morgan fingerprint density at radius 3 is 2.53 bits per heavy atom. The van der Waals surface area contributed by atoms with Crippen LogP contribution in [0.15, 0.2) is 52.8 Å². The van der Waals surface area contributed by atoms with Crippen molar-refractivity contribution in [3.05, 3.63) is 59.7 Å². The maximum absolute atomic E-state index is 13.7. The molecule has 2 heterocycles. The molecule has 2 atom stereocenters. The van der Waals surface area contributed by atoms with E-state index in [1.165, 1.54) is 0 Å². The fraction of sp³-hybridized carbons (Fsp3) is 0.250. The molecular formula is C20H17F2N5O3. The molecule has 2 aliphatic rings. The summed E-state index contributed by atoms with van der Waals surface area (Å²) in [5, 5.41) is 10.9. The fourth-order valence-corrected chi connectivity index (χ4v) is 3.42. The van der Waals surface area contributed by atoms with Crippen molar-refractivity contribution in [1.29, 1.82) is 0 Å². The Bertz CT molecular complexity index is 1060. The van der Waals surface area contributed by atoms with Gasteiger partial charge in [0.05, 0.1) is 11.4 Å². The van der Waals surface area contributed by atoms with Crippen LogP contribution < -0.4 is 10.2 Å². The first kappa shape index (κ1) is 19.6. The van der Waals surface area contributed by atoms with Crippen molar-refractivity contribution in [2.75, 3.05) is 16.8 Å². The molecule has 3 amide bonds. The summed E-state index contributed by atoms with van der Waals surface area (Å²) >= 11 is 0. The van der Waals surface area contributed by atoms with E-state index in [0.717, 1.165) is 40.1 Å². The second-order valence-electron chi connectivity index (χ2n) is 6.90. The molecule has 0 spiro atoms. The van der Waals surface area contributed by atoms with Crippen LogP contribution in [-0.4, -0.2) is 41.4 Å². The Hall–Kier alpha value is -3.69. The minimum atomic E-state index is -1.06. The first-order valence-corrected chi connectivity index (χ1v) is 9.28. The van der Waals surface area contributed by atoms with E-state index in [4.69, 9.17) is 0 Å². The lowest BCUT2D eigenvalue weighted by molar-refractivity contribution is -0.123. The van der Waals surface area contributed by atoms with E-state index in [-0.39, 0.29) is 5.69 Å². The number of benzene rings is 2. The molecule has 0 unspecified atom stereocenters. The smallest absolute Gasteiger partial charge is 0.263 e. The molecule has 0 aliphatic carbocycles. The number of aryl methyl sites for hydroxylation is 1. The Labute approximate surface area is 170 Å². The number of imide groups is 1. The number of amides is 3. The van der Waals surface area contributed by atoms with E-state index in [0.29, 0.717) is 5.69 Å². The van der Waals surface area contributed by atoms with Gasteiger partial charge in [-0.25, -0.2) is 13.7 Å². The zero-order valence-electron chi connectivity index (χ0n) is 15.9. The summed E-state index contributed by atoms with van der Waals surface area (Å²) in [6, 6.07) is 7.54. The van der Waals surface area contributed by atoms with Crippen molar-refractivity contribution < 1.29 is 23.2 Å². The predicted molar refractivity (Wildman–Crippen MR) is 102 cm³/mol. The molecule has 8 nitrogen and oxygen atoms in total. The molecule has 1 saturated heterocycles. The van der Waals surface area contributed by atoms with Crippen molar-refractivity contribution in [3.63, 3.8) is 0 Å². The molecule has 0 radical (unpaired) electrons. The second-order valence-corrected chi connectivity index (χ2v) is 6.90. The highest BCUT2D eigenvalue weighted by Gasteiger charge is 2.55. The zero-order chi connectivity index (χ0) is 21.4. The third-order valence-electron chi connectivity index (χ3n) is 4.97. The van der Waals surface area contributed by atoms with Gasteiger partial charge >= 0.3 is 0 Å². The monoisotopic (exact) mass is 413 g/mol. The van der Waals surface area contributed by atoms with Gasteiger partial charge in [0.25, 0.3) is 11.8 Å². The third-order valence-corrected chi connectivity index (χ3v) is 4.97. The van der Waals surface area contributed by atoms with Crippen LogP contribution in [0.5, 0.6) is 0 Å². The SMILES string of the molecule is CCc1ccc(N2C(=O)[C@H]3N=NN(CC(=O)Nc4cc(F)ccc4F)[C@H]3C2=O)cc1. The Morgan fingerprint density at radius 2 is 1.83 bits per heavy atom. The summed E-state index contributed by atoms with van der Waals surface area (Å²) < 4.78 is 27.0. The van der Waals surface area contributed by atoms with Gasteiger partial charge in [-0.1, -0.05) is 24.3 Å². The van der Waals surface area contributed by atoms with Crippen molar-refractivity contribution in [2.45, 2.75) is 25.4 Å². The van der Waals surface area contributed by atoms with Gasteiger partial charge in [-0.2, -0.15) is 5.11 Å². The lowest BCUT2D eigenvalue weighted by Gasteiger charge is -2.20. The molecule has 10 heteroatoms. The number of carbonyl (C=O) groups excluding carboxylic acids is 3. The number of nitrogens with one attached hydrogen (secondary N) is 1. The van der Waals surface area contributed by atoms with Gasteiger partial charge < -0.3 is 5.32 Å². The minimum absolute atomic E-state index is 0.334. The average Bonchev–Trinajstić information content (AvgIpc) is 3.24. The molecule has 154 valence electrons. The van der Waals surface area contributed by atoms with Crippen molar-refractivity contribution in [2.24, 2.45) is 10.3 Å². The molecule has 2 aromatic carbocycles. The van der Waals surface area contributed by atoms with Gasteiger partial charge in [-0.3, -0.25) is 19.4 Å². The highest BCUT2D eigenvalue weighted by Crippen LogP contribution is 2.32. The van der Waals surface area contributed by atoms with E-state index < -0.39 is 48.0 Å². The third kappa shape index (κ3) is 3.40. The summed E-state index contributed by atoms with van der Waals surface area (Å²) in [5.74, 6) is -3.33. The number of fused-ring (bicyclic) bond motifs is 1. The summed E-state index contributed by atoms with van der Waals surface area (Å²) in [6.07, 6.45) is 0.816. The van der Waals surface area contributed by atoms with Crippen LogP contribution in [0.2, 0.25) is 0 Å². The largest absolute Gasteiger partial charge is 0.322 e. The predicted octanol–water partition coefficient (Wildman–Crippen LogP) is 2.46. The maximum atomic E-state index is 13.7. The average molecular weight is 413 g/mol. The topological polar surface area (TPSA) is 94.4 Å². The van der Waals surface area contributed by atoms with Crippen LogP contribution in [0.25, 0.3) is 0 Å². The standard InChI is InChI=1S/C20H17F2N5O3/c1-2-11-3-6-13(7-4-11)27-19(29)17-18(20(27)30)26(25-24-17)10-16(28)23-15-9-12(21)5-8-14(15)22/h3-9,17-18H,2,10H2,1H3,(H,23,28)/t17-,18+/m0/s1. The number of rotatable bonds is 5. The molecule has 30 heavy (non-hydrogen) atoms. The van der Waals surface area contributed by atoms with Crippen LogP contribution >= 0.6 is 0 Å². The number of carbonyl (C=O) groups is 3. The molecule has 0 bridgehead atoms. The number of nitrogens with zero attached hydrogens (tertiary/aromatic N) is 4. The molecule has 1 N–H and O–H groups in total. The van der Waals surface area contributed by atoms with Gasteiger partial charge in [-0.05, 0) is 36.2 Å². The summed E-state index contributed by atoms with van der Waals surface area (Å²) in [4.78, 5) is 38.9. The zero-order valence-corrected chi connectivity index (χ0v) is 15.9. The normalized spacial score (nSPS) is 20.1. The van der Waals surface area contributed by atoms with Gasteiger partial charge in [0.15, 0.2) is 12.1 Å². The Balaban J connectivity index is 1.49. The van der Waals surface area contributed by atoms with E-state index in [1.54, 1.807) is 12.1 Å². The molecule has 2 aliphatic heterocycles. The summed E-state index contributed by atoms with van der Waals surface area (Å²) in [5.41, 5.74) is 1.14. The summed E-state index contributed by atoms with van der Waals surface area (Å²) in [6.45, 7) is 1.53. The van der Waals surface area contributed by atoms with Gasteiger partial charge in [0.1, 0.15) is 18.2 Å². The minimum Gasteiger partial charge on any atom is -0.322 e. The second kappa shape index (κ2) is 7.62. The van der Waals surface area contributed by atoms with E-state index >= 15 is 0 Å². The summed E-state index contributed by atoms with van der Waals surface area (Å²) in [7, 11) is 0. The number of halogens is 2. The van der Waals surface area contributed by atoms with Crippen molar-refractivity contribution in [1.82, 2.24) is 5.01 Å². The van der Waals surface area contributed by atoms with Crippen molar-refractivity contribution in [3.8, 4) is 0 Å². The highest BCUT2D eigenvalue weighted by atomic mass is 19.1. The van der Waals surface area contributed by atoms with Crippen LogP contribution in [0.1, 0.15) is 12.5 Å². The van der Waals surface area contributed by atoms with Crippen LogP contribution in [0, 0.1) is 11.6 Å². The molecule has 2 aromatic rings. The van der Waals surface area contributed by atoms with Gasteiger partial charge in [0.2, 0.25) is 5.91 Å². The fourth-order valence-electron chi connectivity index (χ4n) is 3.42. The number of anilines is 2. The molecular weight excluding hydrogens is 396 g/mol. The molecule has 1 fully saturated rings. The number of hydrogen-bond acceptors (Lipinski definition) is 6. The van der Waals surface area contributed by atoms with Gasteiger partial charge in [0, 0.05) is 6.07 Å². The van der Waals surface area contributed by atoms with Crippen LogP contribution in [0.3, 0.4) is 0 Å². The van der Waals surface area contributed by atoms with E-state index in [1.807, 2.05) is 19.1 Å². The lowest BCUT2D eigenvalue weighted by Crippen LogP contribution is -2.43. The highest BCUT2D eigenvalue weighted by molar-refractivity contribution is 6.25. The van der Waals surface area contributed by atoms with Crippen LogP contribution in [-0.2, 0) is 20.8 Å². The van der Waals surface area contributed by atoms with E-state index in [2.05, 4.69) is 15.7 Å². The molecule has 0 aromatic heterocycles. The van der Waals surface area contributed by atoms with Crippen LogP contribution in [0.4, 0.5) is 20.2 Å². The molecule has 0 saturated carbocycles. The quantitative estimate of drug-likeness (QED) is 0.762. The lowest BCUT2D eigenvalue weighted by atomic mass is 10.1. The first-order valence-electron chi connectivity index (χ1n) is 9.28. The maximum Gasteiger partial charge on any atom is 0.263 e. The van der Waals surface area contributed by atoms with Gasteiger partial charge in [-0.15, -0.1) is 0 Å².